The Morgan fingerprint density at radius 3 is 2.74 bits per heavy atom. The van der Waals surface area contributed by atoms with Crippen LogP contribution in [0.4, 0.5) is 5.82 Å². The first-order valence-electron chi connectivity index (χ1n) is 11.2. The number of nitrogens with one attached hydrogen (secondary N) is 1. The molecule has 1 aromatic carbocycles. The molecule has 0 unspecified atom stereocenters. The molecule has 1 N–H and O–H groups in total. The molecule has 0 aliphatic carbocycles. The van der Waals surface area contributed by atoms with Crippen LogP contribution in [0.25, 0.3) is 21.1 Å². The number of hydrogen-bond acceptors (Lipinski definition) is 8. The van der Waals surface area contributed by atoms with Gasteiger partial charge in [-0.2, -0.15) is 0 Å². The number of esters is 1. The van der Waals surface area contributed by atoms with Gasteiger partial charge in [-0.25, -0.2) is 9.97 Å². The van der Waals surface area contributed by atoms with E-state index in [2.05, 4.69) is 27.9 Å². The van der Waals surface area contributed by atoms with E-state index in [1.165, 1.54) is 23.7 Å². The first-order chi connectivity index (χ1) is 16.6. The third-order valence-electron chi connectivity index (χ3n) is 5.97. The summed E-state index contributed by atoms with van der Waals surface area (Å²) in [5.74, 6) is 0.775. The normalized spacial score (nSPS) is 14.2. The molecule has 1 amide bonds. The van der Waals surface area contributed by atoms with Crippen LogP contribution in [0, 0.1) is 0 Å². The van der Waals surface area contributed by atoms with Gasteiger partial charge in [0.2, 0.25) is 0 Å². The zero-order valence-corrected chi connectivity index (χ0v) is 20.7. The molecular weight excluding hydrogens is 470 g/mol. The van der Waals surface area contributed by atoms with Crippen molar-refractivity contribution in [1.82, 2.24) is 19.9 Å². The van der Waals surface area contributed by atoms with E-state index in [0.29, 0.717) is 36.9 Å². The van der Waals surface area contributed by atoms with Crippen LogP contribution in [0.3, 0.4) is 0 Å². The minimum Gasteiger partial charge on any atom is -0.468 e. The first kappa shape index (κ1) is 22.7. The first-order valence-corrected chi connectivity index (χ1v) is 13.0. The van der Waals surface area contributed by atoms with Gasteiger partial charge in [-0.1, -0.05) is 24.8 Å². The smallest absolute Gasteiger partial charge is 0.316 e. The summed E-state index contributed by atoms with van der Waals surface area (Å²) in [7, 11) is 1.38. The van der Waals surface area contributed by atoms with Crippen molar-refractivity contribution >= 4 is 61.9 Å². The molecule has 1 saturated heterocycles. The number of carbonyl (C=O) groups excluding carboxylic acids is 2. The quantitative estimate of drug-likeness (QED) is 0.246. The van der Waals surface area contributed by atoms with Gasteiger partial charge in [0.1, 0.15) is 10.6 Å². The van der Waals surface area contributed by atoms with E-state index < -0.39 is 0 Å². The van der Waals surface area contributed by atoms with Gasteiger partial charge in [-0.3, -0.25) is 9.59 Å². The molecule has 1 aliphatic heterocycles. The Balaban J connectivity index is 1.35. The standard InChI is InChI=1S/C24H25N5O3S2/c1-3-17-13-18-21(26-24(27-22(18)34-17)33-14-20(30)32-2)28-8-10-29(11-9-28)23(31)16-5-4-15-6-7-25-19(15)12-16/h4-7,12-13,25H,3,8-11,14H2,1-2H3. The third-order valence-corrected chi connectivity index (χ3v) is 7.96. The second kappa shape index (κ2) is 9.63. The second-order valence-corrected chi connectivity index (χ2v) is 10.1. The summed E-state index contributed by atoms with van der Waals surface area (Å²) in [6.07, 6.45) is 2.81. The summed E-state index contributed by atoms with van der Waals surface area (Å²) < 4.78 is 4.75. The molecular formula is C24H25N5O3S2. The number of aromatic amines is 1. The Hall–Kier alpha value is -3.11. The summed E-state index contributed by atoms with van der Waals surface area (Å²) >= 11 is 2.94. The maximum atomic E-state index is 13.1. The van der Waals surface area contributed by atoms with Gasteiger partial charge in [0.25, 0.3) is 5.91 Å². The number of hydrogen-bond donors (Lipinski definition) is 1. The van der Waals surface area contributed by atoms with Crippen molar-refractivity contribution in [2.45, 2.75) is 18.5 Å². The monoisotopic (exact) mass is 495 g/mol. The fourth-order valence-corrected chi connectivity index (χ4v) is 5.78. The summed E-state index contributed by atoms with van der Waals surface area (Å²) in [5, 5.41) is 2.69. The number of carbonyl (C=O) groups is 2. The van der Waals surface area contributed by atoms with Crippen molar-refractivity contribution in [2.75, 3.05) is 43.9 Å². The lowest BCUT2D eigenvalue weighted by molar-refractivity contribution is -0.137. The topological polar surface area (TPSA) is 91.4 Å². The zero-order chi connectivity index (χ0) is 23.7. The summed E-state index contributed by atoms with van der Waals surface area (Å²) in [5.41, 5.74) is 1.66. The molecule has 10 heteroatoms. The molecule has 0 radical (unpaired) electrons. The SMILES string of the molecule is CCc1cc2c(N3CCN(C(=O)c4ccc5cc[nH]c5c4)CC3)nc(SCC(=O)OC)nc2s1. The Morgan fingerprint density at radius 2 is 1.97 bits per heavy atom. The van der Waals surface area contributed by atoms with Gasteiger partial charge in [-0.05, 0) is 36.1 Å². The number of thiophene rings is 1. The number of fused-ring (bicyclic) bond motifs is 2. The number of ether oxygens (including phenoxy) is 1. The van der Waals surface area contributed by atoms with Crippen molar-refractivity contribution < 1.29 is 14.3 Å². The lowest BCUT2D eigenvalue weighted by atomic mass is 10.1. The molecule has 4 aromatic rings. The van der Waals surface area contributed by atoms with E-state index in [9.17, 15) is 9.59 Å². The van der Waals surface area contributed by atoms with Crippen LogP contribution < -0.4 is 4.90 Å². The maximum Gasteiger partial charge on any atom is 0.316 e. The van der Waals surface area contributed by atoms with Gasteiger partial charge >= 0.3 is 5.97 Å². The molecule has 8 nitrogen and oxygen atoms in total. The number of anilines is 1. The summed E-state index contributed by atoms with van der Waals surface area (Å²) in [6, 6.07) is 9.94. The number of H-pyrrole nitrogens is 1. The van der Waals surface area contributed by atoms with Crippen molar-refractivity contribution in [2.24, 2.45) is 0 Å². The highest BCUT2D eigenvalue weighted by molar-refractivity contribution is 7.99. The van der Waals surface area contributed by atoms with Crippen LogP contribution in [0.15, 0.2) is 41.7 Å². The van der Waals surface area contributed by atoms with E-state index in [-0.39, 0.29) is 17.6 Å². The maximum absolute atomic E-state index is 13.1. The molecule has 0 atom stereocenters. The molecule has 0 spiro atoms. The fraction of sp³-hybridized carbons (Fsp3) is 0.333. The van der Waals surface area contributed by atoms with E-state index in [4.69, 9.17) is 9.72 Å². The van der Waals surface area contributed by atoms with Crippen LogP contribution in [-0.4, -0.2) is 70.8 Å². The lowest BCUT2D eigenvalue weighted by Crippen LogP contribution is -2.49. The van der Waals surface area contributed by atoms with Crippen LogP contribution in [0.5, 0.6) is 0 Å². The van der Waals surface area contributed by atoms with Gasteiger partial charge in [0.05, 0.1) is 18.2 Å². The van der Waals surface area contributed by atoms with Crippen molar-refractivity contribution in [3.05, 3.63) is 47.0 Å². The molecule has 34 heavy (non-hydrogen) atoms. The van der Waals surface area contributed by atoms with Crippen LogP contribution in [-0.2, 0) is 16.0 Å². The number of amides is 1. The molecule has 3 aromatic heterocycles. The van der Waals surface area contributed by atoms with Gasteiger partial charge in [0.15, 0.2) is 5.16 Å². The van der Waals surface area contributed by atoms with Crippen LogP contribution in [0.2, 0.25) is 0 Å². The largest absolute Gasteiger partial charge is 0.468 e. The number of benzene rings is 1. The average molecular weight is 496 g/mol. The highest BCUT2D eigenvalue weighted by atomic mass is 32.2. The number of piperazine rings is 1. The predicted octanol–water partition coefficient (Wildman–Crippen LogP) is 3.96. The Labute approximate surface area is 205 Å². The molecule has 1 aliphatic rings. The van der Waals surface area contributed by atoms with Crippen LogP contribution >= 0.6 is 23.1 Å². The molecule has 1 fully saturated rings. The van der Waals surface area contributed by atoms with Gasteiger partial charge in [0, 0.05) is 48.3 Å². The fourth-order valence-electron chi connectivity index (χ4n) is 4.08. The Bertz CT molecular complexity index is 1360. The third kappa shape index (κ3) is 4.47. The van der Waals surface area contributed by atoms with Gasteiger partial charge in [-0.15, -0.1) is 11.3 Å². The van der Waals surface area contributed by atoms with Gasteiger partial charge < -0.3 is 19.5 Å². The highest BCUT2D eigenvalue weighted by Gasteiger charge is 2.25. The predicted molar refractivity (Wildman–Crippen MR) is 136 cm³/mol. The molecule has 5 rings (SSSR count). The molecule has 4 heterocycles. The Morgan fingerprint density at radius 1 is 1.15 bits per heavy atom. The summed E-state index contributed by atoms with van der Waals surface area (Å²) in [4.78, 5) is 43.7. The molecule has 0 bridgehead atoms. The van der Waals surface area contributed by atoms with E-state index in [0.717, 1.165) is 33.4 Å². The van der Waals surface area contributed by atoms with Crippen molar-refractivity contribution in [3.8, 4) is 0 Å². The highest BCUT2D eigenvalue weighted by Crippen LogP contribution is 2.34. The molecule has 176 valence electrons. The number of methoxy groups -OCH3 is 1. The zero-order valence-electron chi connectivity index (χ0n) is 19.0. The second-order valence-electron chi connectivity index (χ2n) is 8.04. The number of nitrogens with zero attached hydrogens (tertiary/aromatic N) is 4. The van der Waals surface area contributed by atoms with E-state index in [1.54, 1.807) is 11.3 Å². The van der Waals surface area contributed by atoms with Crippen LogP contribution in [0.1, 0.15) is 22.2 Å². The number of aromatic nitrogens is 3. The molecule has 0 saturated carbocycles. The van der Waals surface area contributed by atoms with Crippen molar-refractivity contribution in [3.63, 3.8) is 0 Å². The Kier molecular flexibility index (Phi) is 6.42. The van der Waals surface area contributed by atoms with E-state index in [1.807, 2.05) is 35.4 Å². The number of thioether (sulfide) groups is 1. The minimum atomic E-state index is -0.305. The summed E-state index contributed by atoms with van der Waals surface area (Å²) in [6.45, 7) is 4.71. The van der Waals surface area contributed by atoms with E-state index >= 15 is 0 Å². The minimum absolute atomic E-state index is 0.0436. The lowest BCUT2D eigenvalue weighted by Gasteiger charge is -2.35. The number of rotatable bonds is 6. The number of aryl methyl sites for hydroxylation is 1. The van der Waals surface area contributed by atoms with Crippen molar-refractivity contribution in [1.29, 1.82) is 0 Å². The average Bonchev–Trinajstić information content (AvgIpc) is 3.52.